The fraction of sp³-hybridized carbons (Fsp3) is 0.900. The van der Waals surface area contributed by atoms with Gasteiger partial charge in [0.05, 0.1) is 13.2 Å². The number of morpholine rings is 1. The van der Waals surface area contributed by atoms with Crippen molar-refractivity contribution in [2.45, 2.75) is 58.4 Å². The zero-order valence-electron chi connectivity index (χ0n) is 15.6. The fourth-order valence-corrected chi connectivity index (χ4v) is 6.18. The smallest absolute Gasteiger partial charge is 0.245 e. The lowest BCUT2D eigenvalue weighted by atomic mass is 9.49. The third kappa shape index (κ3) is 3.20. The van der Waals surface area contributed by atoms with Crippen molar-refractivity contribution in [3.63, 3.8) is 0 Å². The zero-order valence-corrected chi connectivity index (χ0v) is 15.6. The maximum absolute atomic E-state index is 13.3. The number of ether oxygens (including phenoxy) is 1. The highest BCUT2D eigenvalue weighted by Gasteiger charge is 2.55. The van der Waals surface area contributed by atoms with Crippen molar-refractivity contribution in [2.24, 2.45) is 29.1 Å². The highest BCUT2D eigenvalue weighted by atomic mass is 16.5. The highest BCUT2D eigenvalue weighted by molar-refractivity contribution is 5.90. The molecule has 1 heterocycles. The van der Waals surface area contributed by atoms with Gasteiger partial charge in [0.1, 0.15) is 6.04 Å². The average molecular weight is 348 g/mol. The van der Waals surface area contributed by atoms with E-state index in [1.807, 2.05) is 18.7 Å². The molecule has 5 heteroatoms. The number of hydrogen-bond donors (Lipinski definition) is 1. The molecular weight excluding hydrogens is 316 g/mol. The molecule has 4 saturated carbocycles. The van der Waals surface area contributed by atoms with Crippen molar-refractivity contribution in [1.29, 1.82) is 0 Å². The number of nitrogens with one attached hydrogen (secondary N) is 1. The Balaban J connectivity index is 1.46. The molecular formula is C20H32N2O3. The van der Waals surface area contributed by atoms with Gasteiger partial charge in [-0.3, -0.25) is 9.59 Å². The molecule has 4 aliphatic carbocycles. The van der Waals surface area contributed by atoms with Crippen molar-refractivity contribution < 1.29 is 14.3 Å². The van der Waals surface area contributed by atoms with Crippen LogP contribution in [0.25, 0.3) is 0 Å². The number of carbonyl (C=O) groups excluding carboxylic acids is 2. The molecule has 0 aromatic carbocycles. The summed E-state index contributed by atoms with van der Waals surface area (Å²) in [5.41, 5.74) is -0.187. The third-order valence-electron chi connectivity index (χ3n) is 7.06. The van der Waals surface area contributed by atoms with Crippen LogP contribution in [0.2, 0.25) is 0 Å². The van der Waals surface area contributed by atoms with E-state index < -0.39 is 6.04 Å². The summed E-state index contributed by atoms with van der Waals surface area (Å²) in [6.07, 6.45) is 7.11. The molecule has 1 atom stereocenters. The summed E-state index contributed by atoms with van der Waals surface area (Å²) in [6, 6.07) is -0.404. The molecule has 1 N–H and O–H groups in total. The zero-order chi connectivity index (χ0) is 17.6. The summed E-state index contributed by atoms with van der Waals surface area (Å²) in [6.45, 7) is 6.52. The minimum absolute atomic E-state index is 0.0661. The van der Waals surface area contributed by atoms with Crippen LogP contribution in [0.5, 0.6) is 0 Å². The second kappa shape index (κ2) is 6.57. The van der Waals surface area contributed by atoms with Gasteiger partial charge in [0, 0.05) is 18.5 Å². The van der Waals surface area contributed by atoms with Gasteiger partial charge < -0.3 is 15.0 Å². The minimum atomic E-state index is -0.404. The molecule has 0 radical (unpaired) electrons. The summed E-state index contributed by atoms with van der Waals surface area (Å²) >= 11 is 0. The van der Waals surface area contributed by atoms with Crippen LogP contribution in [0.1, 0.15) is 52.4 Å². The molecule has 1 saturated heterocycles. The Hall–Kier alpha value is -1.10. The van der Waals surface area contributed by atoms with Crippen LogP contribution >= 0.6 is 0 Å². The fourth-order valence-electron chi connectivity index (χ4n) is 6.18. The maximum atomic E-state index is 13.3. The third-order valence-corrected chi connectivity index (χ3v) is 7.06. The first-order valence-electron chi connectivity index (χ1n) is 10.1. The molecule has 5 fully saturated rings. The molecule has 0 unspecified atom stereocenters. The largest absolute Gasteiger partial charge is 0.378 e. The Morgan fingerprint density at radius 1 is 1.00 bits per heavy atom. The van der Waals surface area contributed by atoms with Crippen molar-refractivity contribution in [1.82, 2.24) is 10.2 Å². The van der Waals surface area contributed by atoms with Gasteiger partial charge in [-0.25, -0.2) is 0 Å². The van der Waals surface area contributed by atoms with E-state index in [2.05, 4.69) is 5.32 Å². The lowest BCUT2D eigenvalue weighted by molar-refractivity contribution is -0.151. The Labute approximate surface area is 150 Å². The molecule has 4 bridgehead atoms. The van der Waals surface area contributed by atoms with Gasteiger partial charge in [-0.2, -0.15) is 0 Å². The van der Waals surface area contributed by atoms with E-state index in [9.17, 15) is 9.59 Å². The topological polar surface area (TPSA) is 58.6 Å². The molecule has 140 valence electrons. The Bertz CT molecular complexity index is 504. The standard InChI is InChI=1S/C20H32N2O3/c1-13(2)17(18(23)22-3-5-25-6-4-22)21-19(24)20-10-14-7-15(11-20)9-16(8-14)12-20/h13-17H,3-12H2,1-2H3,(H,21,24)/t14?,15?,16?,17-,20?/m0/s1. The van der Waals surface area contributed by atoms with E-state index in [-0.39, 0.29) is 23.1 Å². The molecule has 5 nitrogen and oxygen atoms in total. The van der Waals surface area contributed by atoms with Gasteiger partial charge in [0.15, 0.2) is 0 Å². The molecule has 1 aliphatic heterocycles. The lowest BCUT2D eigenvalue weighted by Gasteiger charge is -2.56. The van der Waals surface area contributed by atoms with Gasteiger partial charge in [-0.15, -0.1) is 0 Å². The quantitative estimate of drug-likeness (QED) is 0.847. The van der Waals surface area contributed by atoms with Gasteiger partial charge in [-0.05, 0) is 62.2 Å². The number of carbonyl (C=O) groups is 2. The average Bonchev–Trinajstić information content (AvgIpc) is 2.58. The van der Waals surface area contributed by atoms with Crippen molar-refractivity contribution in [3.05, 3.63) is 0 Å². The number of nitrogens with zero attached hydrogens (tertiary/aromatic N) is 1. The van der Waals surface area contributed by atoms with Crippen LogP contribution in [-0.4, -0.2) is 49.1 Å². The Morgan fingerprint density at radius 2 is 1.52 bits per heavy atom. The summed E-state index contributed by atoms with van der Waals surface area (Å²) in [5.74, 6) is 2.55. The molecule has 5 rings (SSSR count). The number of hydrogen-bond acceptors (Lipinski definition) is 3. The first-order valence-corrected chi connectivity index (χ1v) is 10.1. The summed E-state index contributed by atoms with van der Waals surface area (Å²) in [7, 11) is 0. The number of rotatable bonds is 4. The van der Waals surface area contributed by atoms with Crippen LogP contribution in [0.3, 0.4) is 0 Å². The highest BCUT2D eigenvalue weighted by Crippen LogP contribution is 2.60. The second-order valence-corrected chi connectivity index (χ2v) is 9.33. The molecule has 0 aromatic heterocycles. The van der Waals surface area contributed by atoms with Gasteiger partial charge in [0.25, 0.3) is 0 Å². The first-order chi connectivity index (χ1) is 12.0. The van der Waals surface area contributed by atoms with E-state index in [0.29, 0.717) is 26.3 Å². The second-order valence-electron chi connectivity index (χ2n) is 9.33. The summed E-state index contributed by atoms with van der Waals surface area (Å²) in [4.78, 5) is 28.1. The van der Waals surface area contributed by atoms with E-state index in [1.165, 1.54) is 19.3 Å². The van der Waals surface area contributed by atoms with E-state index in [0.717, 1.165) is 37.0 Å². The van der Waals surface area contributed by atoms with E-state index >= 15 is 0 Å². The van der Waals surface area contributed by atoms with Gasteiger partial charge >= 0.3 is 0 Å². The van der Waals surface area contributed by atoms with Crippen molar-refractivity contribution in [2.75, 3.05) is 26.3 Å². The van der Waals surface area contributed by atoms with Gasteiger partial charge in [-0.1, -0.05) is 13.8 Å². The predicted molar refractivity (Wildman–Crippen MR) is 94.8 cm³/mol. The molecule has 5 aliphatic rings. The molecule has 0 spiro atoms. The van der Waals surface area contributed by atoms with Crippen molar-refractivity contribution >= 4 is 11.8 Å². The number of amides is 2. The minimum Gasteiger partial charge on any atom is -0.378 e. The van der Waals surface area contributed by atoms with Crippen LogP contribution < -0.4 is 5.32 Å². The van der Waals surface area contributed by atoms with Crippen LogP contribution in [0, 0.1) is 29.1 Å². The predicted octanol–water partition coefficient (Wildman–Crippen LogP) is 2.20. The van der Waals surface area contributed by atoms with E-state index in [1.54, 1.807) is 0 Å². The normalized spacial score (nSPS) is 38.0. The maximum Gasteiger partial charge on any atom is 0.245 e. The van der Waals surface area contributed by atoms with Crippen LogP contribution in [-0.2, 0) is 14.3 Å². The van der Waals surface area contributed by atoms with Gasteiger partial charge in [0.2, 0.25) is 11.8 Å². The van der Waals surface area contributed by atoms with Crippen LogP contribution in [0.15, 0.2) is 0 Å². The SMILES string of the molecule is CC(C)[C@H](NC(=O)C12CC3CC(CC(C3)C1)C2)C(=O)N1CCOCC1. The molecule has 2 amide bonds. The first kappa shape index (κ1) is 17.3. The molecule has 25 heavy (non-hydrogen) atoms. The van der Waals surface area contributed by atoms with Crippen molar-refractivity contribution in [3.8, 4) is 0 Å². The molecule has 0 aromatic rings. The Kier molecular flexibility index (Phi) is 4.55. The Morgan fingerprint density at radius 3 is 2.00 bits per heavy atom. The van der Waals surface area contributed by atoms with E-state index in [4.69, 9.17) is 4.74 Å². The monoisotopic (exact) mass is 348 g/mol. The lowest BCUT2D eigenvalue weighted by Crippen LogP contribution is -2.59. The summed E-state index contributed by atoms with van der Waals surface area (Å²) < 4.78 is 5.35. The summed E-state index contributed by atoms with van der Waals surface area (Å²) in [5, 5.41) is 3.20. The van der Waals surface area contributed by atoms with Crippen LogP contribution in [0.4, 0.5) is 0 Å².